The van der Waals surface area contributed by atoms with E-state index in [9.17, 15) is 0 Å². The molecular weight excluding hydrogens is 280 g/mol. The second-order valence-electron chi connectivity index (χ2n) is 6.57. The first-order valence-corrected chi connectivity index (χ1v) is 8.18. The van der Waals surface area contributed by atoms with Gasteiger partial charge in [0.2, 0.25) is 0 Å². The smallest absolute Gasteiger partial charge is 0.0717 e. The van der Waals surface area contributed by atoms with E-state index in [2.05, 4.69) is 31.2 Å². The van der Waals surface area contributed by atoms with Crippen molar-refractivity contribution in [3.63, 3.8) is 0 Å². The molecule has 1 aromatic carbocycles. The van der Waals surface area contributed by atoms with Crippen LogP contribution in [0.5, 0.6) is 0 Å². The van der Waals surface area contributed by atoms with Gasteiger partial charge in [-0.3, -0.25) is 0 Å². The molecule has 0 saturated carbocycles. The van der Waals surface area contributed by atoms with Crippen LogP contribution in [0.2, 0.25) is 0 Å². The molecule has 1 aromatic rings. The second kappa shape index (κ2) is 7.55. The van der Waals surface area contributed by atoms with Crippen molar-refractivity contribution < 1.29 is 18.9 Å². The third-order valence-corrected chi connectivity index (χ3v) is 4.60. The van der Waals surface area contributed by atoms with E-state index < -0.39 is 0 Å². The predicted octanol–water partition coefficient (Wildman–Crippen LogP) is 2.79. The van der Waals surface area contributed by atoms with Crippen molar-refractivity contribution in [2.75, 3.05) is 39.6 Å². The Balaban J connectivity index is 1.35. The molecule has 0 amide bonds. The van der Waals surface area contributed by atoms with E-state index in [1.54, 1.807) is 0 Å². The molecule has 2 aliphatic heterocycles. The van der Waals surface area contributed by atoms with Gasteiger partial charge in [0, 0.05) is 11.3 Å². The summed E-state index contributed by atoms with van der Waals surface area (Å²) in [5.41, 5.74) is 2.68. The van der Waals surface area contributed by atoms with Crippen LogP contribution < -0.4 is 0 Å². The Bertz CT molecular complexity index is 443. The molecule has 3 rings (SSSR count). The quantitative estimate of drug-likeness (QED) is 0.703. The minimum Gasteiger partial charge on any atom is -0.381 e. The Morgan fingerprint density at radius 3 is 2.09 bits per heavy atom. The van der Waals surface area contributed by atoms with Gasteiger partial charge in [0.05, 0.1) is 52.9 Å². The fraction of sp³-hybridized carbons (Fsp3) is 0.667. The van der Waals surface area contributed by atoms with Crippen molar-refractivity contribution in [3.8, 4) is 0 Å². The van der Waals surface area contributed by atoms with Crippen LogP contribution in [0.3, 0.4) is 0 Å². The topological polar surface area (TPSA) is 36.9 Å². The van der Waals surface area contributed by atoms with E-state index >= 15 is 0 Å². The Labute approximate surface area is 132 Å². The van der Waals surface area contributed by atoms with Crippen LogP contribution in [0.4, 0.5) is 0 Å². The van der Waals surface area contributed by atoms with Gasteiger partial charge >= 0.3 is 0 Å². The minimum atomic E-state index is 0.263. The summed E-state index contributed by atoms with van der Waals surface area (Å²) < 4.78 is 22.0. The van der Waals surface area contributed by atoms with Crippen LogP contribution in [-0.2, 0) is 32.2 Å². The zero-order valence-corrected chi connectivity index (χ0v) is 13.4. The maximum absolute atomic E-state index is 5.87. The van der Waals surface area contributed by atoms with Crippen molar-refractivity contribution in [2.45, 2.75) is 26.6 Å². The van der Waals surface area contributed by atoms with Gasteiger partial charge < -0.3 is 18.9 Å². The summed E-state index contributed by atoms with van der Waals surface area (Å²) in [7, 11) is 0. The van der Waals surface area contributed by atoms with Gasteiger partial charge in [0.25, 0.3) is 0 Å². The fourth-order valence-corrected chi connectivity index (χ4v) is 2.62. The number of hydrogen-bond donors (Lipinski definition) is 0. The number of hydrogen-bond acceptors (Lipinski definition) is 4. The van der Waals surface area contributed by atoms with E-state index in [1.807, 2.05) is 0 Å². The highest BCUT2D eigenvalue weighted by molar-refractivity contribution is 5.21. The molecule has 2 aliphatic rings. The zero-order valence-electron chi connectivity index (χ0n) is 13.4. The van der Waals surface area contributed by atoms with Gasteiger partial charge in [0.1, 0.15) is 0 Å². The van der Waals surface area contributed by atoms with Gasteiger partial charge in [-0.05, 0) is 17.5 Å². The molecule has 0 spiro atoms. The Kier molecular flexibility index (Phi) is 5.47. The lowest BCUT2D eigenvalue weighted by Crippen LogP contribution is -2.45. The zero-order chi connectivity index (χ0) is 15.3. The van der Waals surface area contributed by atoms with Crippen molar-refractivity contribution >= 4 is 0 Å². The van der Waals surface area contributed by atoms with Crippen molar-refractivity contribution in [2.24, 2.45) is 11.3 Å². The molecule has 0 aliphatic carbocycles. The highest BCUT2D eigenvalue weighted by Gasteiger charge is 2.36. The number of rotatable bonds is 9. The summed E-state index contributed by atoms with van der Waals surface area (Å²) in [5.74, 6) is 0.592. The Hall–Kier alpha value is -0.940. The third-order valence-electron chi connectivity index (χ3n) is 4.60. The molecule has 0 radical (unpaired) electrons. The summed E-state index contributed by atoms with van der Waals surface area (Å²) in [6, 6.07) is 8.50. The summed E-state index contributed by atoms with van der Waals surface area (Å²) in [6.45, 7) is 8.51. The van der Waals surface area contributed by atoms with Gasteiger partial charge in [-0.2, -0.15) is 0 Å². The van der Waals surface area contributed by atoms with Crippen molar-refractivity contribution in [1.82, 2.24) is 0 Å². The molecule has 2 saturated heterocycles. The largest absolute Gasteiger partial charge is 0.381 e. The molecule has 4 nitrogen and oxygen atoms in total. The van der Waals surface area contributed by atoms with Gasteiger partial charge in [-0.1, -0.05) is 31.2 Å². The molecular formula is C18H26O4. The highest BCUT2D eigenvalue weighted by atomic mass is 16.5. The first kappa shape index (κ1) is 15.9. The maximum Gasteiger partial charge on any atom is 0.0717 e. The highest BCUT2D eigenvalue weighted by Crippen LogP contribution is 2.31. The average molecular weight is 306 g/mol. The molecule has 122 valence electrons. The fourth-order valence-electron chi connectivity index (χ4n) is 2.62. The molecule has 0 unspecified atom stereocenters. The lowest BCUT2D eigenvalue weighted by molar-refractivity contribution is -0.152. The van der Waals surface area contributed by atoms with Crippen LogP contribution in [0, 0.1) is 11.3 Å². The normalized spacial score (nSPS) is 20.4. The van der Waals surface area contributed by atoms with Crippen molar-refractivity contribution in [1.29, 1.82) is 0 Å². The molecule has 0 atom stereocenters. The summed E-state index contributed by atoms with van der Waals surface area (Å²) in [5, 5.41) is 0. The lowest BCUT2D eigenvalue weighted by Gasteiger charge is -2.40. The van der Waals surface area contributed by atoms with E-state index in [1.165, 1.54) is 11.1 Å². The molecule has 4 heteroatoms. The van der Waals surface area contributed by atoms with Crippen LogP contribution in [0.25, 0.3) is 0 Å². The van der Waals surface area contributed by atoms with E-state index in [0.717, 1.165) is 46.1 Å². The number of ether oxygens (including phenoxy) is 4. The molecule has 0 N–H and O–H groups in total. The first-order chi connectivity index (χ1) is 10.8. The second-order valence-corrected chi connectivity index (χ2v) is 6.57. The minimum absolute atomic E-state index is 0.263. The van der Waals surface area contributed by atoms with E-state index in [-0.39, 0.29) is 5.41 Å². The molecule has 0 aromatic heterocycles. The predicted molar refractivity (Wildman–Crippen MR) is 83.6 cm³/mol. The molecule has 22 heavy (non-hydrogen) atoms. The van der Waals surface area contributed by atoms with Crippen LogP contribution in [-0.4, -0.2) is 39.6 Å². The molecule has 0 bridgehead atoms. The monoisotopic (exact) mass is 306 g/mol. The van der Waals surface area contributed by atoms with Gasteiger partial charge in [0.15, 0.2) is 0 Å². The van der Waals surface area contributed by atoms with Crippen molar-refractivity contribution in [3.05, 3.63) is 35.4 Å². The summed E-state index contributed by atoms with van der Waals surface area (Å²) in [4.78, 5) is 0. The van der Waals surface area contributed by atoms with Crippen LogP contribution >= 0.6 is 0 Å². The van der Waals surface area contributed by atoms with Crippen LogP contribution in [0.1, 0.15) is 24.5 Å². The van der Waals surface area contributed by atoms with Crippen LogP contribution in [0.15, 0.2) is 24.3 Å². The standard InChI is InChI=1S/C18H26O4/c1-2-18(13-22-14-18)12-21-8-16-5-3-15(4-6-16)7-19-9-17-10-20-11-17/h3-6,17H,2,7-14H2,1H3. The van der Waals surface area contributed by atoms with E-state index in [0.29, 0.717) is 19.1 Å². The van der Waals surface area contributed by atoms with Gasteiger partial charge in [-0.25, -0.2) is 0 Å². The third kappa shape index (κ3) is 4.07. The average Bonchev–Trinajstić information content (AvgIpc) is 2.46. The lowest BCUT2D eigenvalue weighted by atomic mass is 9.84. The van der Waals surface area contributed by atoms with E-state index in [4.69, 9.17) is 18.9 Å². The number of benzene rings is 1. The summed E-state index contributed by atoms with van der Waals surface area (Å²) in [6.07, 6.45) is 1.12. The maximum atomic E-state index is 5.87. The van der Waals surface area contributed by atoms with Gasteiger partial charge in [-0.15, -0.1) is 0 Å². The Morgan fingerprint density at radius 2 is 1.64 bits per heavy atom. The molecule has 2 heterocycles. The Morgan fingerprint density at radius 1 is 1.00 bits per heavy atom. The summed E-state index contributed by atoms with van der Waals surface area (Å²) >= 11 is 0. The SMILES string of the molecule is CCC1(COCc2ccc(COCC3COC3)cc2)COC1. The molecule has 2 fully saturated rings. The first-order valence-electron chi connectivity index (χ1n) is 8.18.